The van der Waals surface area contributed by atoms with E-state index in [1.807, 2.05) is 43.0 Å². The number of halogens is 6. The molecule has 3 aromatic rings. The van der Waals surface area contributed by atoms with E-state index in [4.69, 9.17) is 0 Å². The fourth-order valence-corrected chi connectivity index (χ4v) is 2.34. The second-order valence-corrected chi connectivity index (χ2v) is 8.48. The van der Waals surface area contributed by atoms with E-state index in [9.17, 15) is 25.2 Å². The topological polar surface area (TPSA) is 35.5 Å². The molecule has 0 atom stereocenters. The summed E-state index contributed by atoms with van der Waals surface area (Å²) in [5.41, 5.74) is 3.93. The SMILES string of the molecule is CCCC[n+]1cc(C#Cc2cc[nH]c2)cc(C#Cc2cc[nH]c2)c1.F[P-](F)(F)(F)(F)F. The first-order valence-corrected chi connectivity index (χ1v) is 11.2. The van der Waals surface area contributed by atoms with Crippen LogP contribution in [0.2, 0.25) is 0 Å². The predicted octanol–water partition coefficient (Wildman–Crippen LogP) is 6.61. The van der Waals surface area contributed by atoms with Crippen LogP contribution in [0.5, 0.6) is 0 Å². The van der Waals surface area contributed by atoms with Gasteiger partial charge in [0, 0.05) is 42.3 Å². The number of rotatable bonds is 3. The molecule has 0 amide bonds. The average Bonchev–Trinajstić information content (AvgIpc) is 3.34. The standard InChI is InChI=1S/C21H20N3.F6P/c1-2-3-12-24-16-20(6-4-18-8-10-22-14-18)13-21(17-24)7-5-19-9-11-23-15-19;1-7(2,3,4,5)6/h8-11,13-17,22-23H,2-3,12H2,1H3;/q+1;-1. The molecule has 0 radical (unpaired) electrons. The fourth-order valence-electron chi connectivity index (χ4n) is 2.34. The van der Waals surface area contributed by atoms with Gasteiger partial charge in [0.2, 0.25) is 0 Å². The van der Waals surface area contributed by atoms with E-state index in [1.165, 1.54) is 0 Å². The zero-order valence-corrected chi connectivity index (χ0v) is 17.4. The van der Waals surface area contributed by atoms with Crippen molar-refractivity contribution in [3.8, 4) is 23.7 Å². The Bertz CT molecular complexity index is 1030. The van der Waals surface area contributed by atoms with Gasteiger partial charge in [0.15, 0.2) is 12.4 Å². The third-order valence-electron chi connectivity index (χ3n) is 3.59. The maximum atomic E-state index is 9.87. The van der Waals surface area contributed by atoms with E-state index in [2.05, 4.69) is 57.5 Å². The molecular weight excluding hydrogens is 439 g/mol. The van der Waals surface area contributed by atoms with Gasteiger partial charge in [-0.25, -0.2) is 4.57 Å². The summed E-state index contributed by atoms with van der Waals surface area (Å²) in [7, 11) is -10.7. The Morgan fingerprint density at radius 2 is 1.19 bits per heavy atom. The van der Waals surface area contributed by atoms with Crippen molar-refractivity contribution in [2.45, 2.75) is 26.3 Å². The van der Waals surface area contributed by atoms with Crippen molar-refractivity contribution in [3.63, 3.8) is 0 Å². The van der Waals surface area contributed by atoms with E-state index in [-0.39, 0.29) is 0 Å². The molecule has 3 heterocycles. The molecule has 0 unspecified atom stereocenters. The normalized spacial score (nSPS) is 12.7. The Labute approximate surface area is 175 Å². The van der Waals surface area contributed by atoms with Gasteiger partial charge in [0.1, 0.15) is 6.54 Å². The summed E-state index contributed by atoms with van der Waals surface area (Å²) < 4.78 is 61.4. The van der Waals surface area contributed by atoms with Crippen LogP contribution in [0.3, 0.4) is 0 Å². The molecule has 0 bridgehead atoms. The van der Waals surface area contributed by atoms with Crippen molar-refractivity contribution >= 4 is 7.81 Å². The van der Waals surface area contributed by atoms with E-state index < -0.39 is 7.81 Å². The molecule has 3 nitrogen and oxygen atoms in total. The van der Waals surface area contributed by atoms with Crippen LogP contribution >= 0.6 is 7.81 Å². The first kappa shape index (κ1) is 24.1. The van der Waals surface area contributed by atoms with Gasteiger partial charge in [-0.3, -0.25) is 0 Å². The molecule has 0 saturated carbocycles. The van der Waals surface area contributed by atoms with Crippen molar-refractivity contribution in [3.05, 3.63) is 77.6 Å². The van der Waals surface area contributed by atoms with E-state index >= 15 is 0 Å². The molecule has 3 aromatic heterocycles. The van der Waals surface area contributed by atoms with Gasteiger partial charge in [-0.2, -0.15) is 0 Å². The summed E-state index contributed by atoms with van der Waals surface area (Å²) in [5, 5.41) is 0. The van der Waals surface area contributed by atoms with Crippen LogP contribution in [0.15, 0.2) is 55.4 Å². The van der Waals surface area contributed by atoms with E-state index in [0.29, 0.717) is 0 Å². The molecule has 0 aliphatic carbocycles. The number of aryl methyl sites for hydroxylation is 1. The van der Waals surface area contributed by atoms with Gasteiger partial charge in [-0.1, -0.05) is 37.0 Å². The van der Waals surface area contributed by atoms with Gasteiger partial charge in [0.05, 0.1) is 11.1 Å². The van der Waals surface area contributed by atoms with Crippen LogP contribution < -0.4 is 4.57 Å². The van der Waals surface area contributed by atoms with Gasteiger partial charge in [-0.15, -0.1) is 0 Å². The number of H-pyrrole nitrogens is 2. The molecule has 166 valence electrons. The molecule has 2 N–H and O–H groups in total. The second-order valence-electron chi connectivity index (χ2n) is 6.56. The van der Waals surface area contributed by atoms with Crippen molar-refractivity contribution in [2.75, 3.05) is 0 Å². The molecule has 31 heavy (non-hydrogen) atoms. The summed E-state index contributed by atoms with van der Waals surface area (Å²) >= 11 is 0. The average molecular weight is 459 g/mol. The molecule has 3 rings (SSSR count). The van der Waals surface area contributed by atoms with Crippen molar-refractivity contribution in [1.82, 2.24) is 9.97 Å². The molecule has 10 heteroatoms. The van der Waals surface area contributed by atoms with Crippen molar-refractivity contribution < 1.29 is 29.7 Å². The second kappa shape index (κ2) is 8.91. The molecule has 0 aliphatic rings. The number of unbranched alkanes of at least 4 members (excludes halogenated alkanes) is 1. The monoisotopic (exact) mass is 459 g/mol. The number of nitrogens with one attached hydrogen (secondary N) is 2. The zero-order chi connectivity index (χ0) is 23.0. The summed E-state index contributed by atoms with van der Waals surface area (Å²) in [6.07, 6.45) is 14.0. The first-order valence-electron chi connectivity index (χ1n) is 9.18. The van der Waals surface area contributed by atoms with Crippen LogP contribution in [0.25, 0.3) is 0 Å². The molecule has 0 fully saturated rings. The third-order valence-corrected chi connectivity index (χ3v) is 3.59. The van der Waals surface area contributed by atoms with Gasteiger partial charge >= 0.3 is 33.0 Å². The Morgan fingerprint density at radius 3 is 1.55 bits per heavy atom. The van der Waals surface area contributed by atoms with E-state index in [1.54, 1.807) is 0 Å². The number of aromatic nitrogens is 3. The Hall–Kier alpha value is -3.16. The molecular formula is C21H20F6N3P. The number of hydrogen-bond donors (Lipinski definition) is 2. The number of hydrogen-bond acceptors (Lipinski definition) is 0. The van der Waals surface area contributed by atoms with Crippen molar-refractivity contribution in [2.24, 2.45) is 0 Å². The minimum atomic E-state index is -10.7. The Kier molecular flexibility index (Phi) is 6.93. The van der Waals surface area contributed by atoms with Gasteiger partial charge in [-0.05, 0) is 18.2 Å². The minimum absolute atomic E-state index is 0.980. The quantitative estimate of drug-likeness (QED) is 0.191. The van der Waals surface area contributed by atoms with Gasteiger partial charge in [0.25, 0.3) is 0 Å². The summed E-state index contributed by atoms with van der Waals surface area (Å²) in [5.74, 6) is 12.8. The van der Waals surface area contributed by atoms with Crippen LogP contribution in [0.1, 0.15) is 42.0 Å². The first-order chi connectivity index (χ1) is 14.3. The maximum absolute atomic E-state index is 10.7. The predicted molar refractivity (Wildman–Crippen MR) is 109 cm³/mol. The fraction of sp³-hybridized carbons (Fsp3) is 0.190. The number of pyridine rings is 1. The molecule has 0 spiro atoms. The van der Waals surface area contributed by atoms with Crippen LogP contribution in [0.4, 0.5) is 25.2 Å². The summed E-state index contributed by atoms with van der Waals surface area (Å²) in [6.45, 7) is 3.18. The number of aromatic amines is 2. The van der Waals surface area contributed by atoms with Crippen LogP contribution in [-0.2, 0) is 6.54 Å². The molecule has 0 aliphatic heterocycles. The summed E-state index contributed by atoms with van der Waals surface area (Å²) in [6, 6.07) is 5.98. The third kappa shape index (κ3) is 12.2. The van der Waals surface area contributed by atoms with Crippen LogP contribution in [-0.4, -0.2) is 9.97 Å². The Morgan fingerprint density at radius 1 is 0.774 bits per heavy atom. The van der Waals surface area contributed by atoms with Crippen molar-refractivity contribution in [1.29, 1.82) is 0 Å². The molecule has 0 saturated heterocycles. The number of nitrogens with zero attached hydrogens (tertiary/aromatic N) is 1. The summed E-state index contributed by atoms with van der Waals surface area (Å²) in [4.78, 5) is 6.04. The zero-order valence-electron chi connectivity index (χ0n) is 16.5. The molecule has 0 aromatic carbocycles. The van der Waals surface area contributed by atoms with Crippen LogP contribution in [0, 0.1) is 23.7 Å². The van der Waals surface area contributed by atoms with Gasteiger partial charge < -0.3 is 9.97 Å². The van der Waals surface area contributed by atoms with E-state index in [0.717, 1.165) is 41.6 Å². The Balaban J connectivity index is 0.000000423.